The summed E-state index contributed by atoms with van der Waals surface area (Å²) in [6, 6.07) is 9.53. The lowest BCUT2D eigenvalue weighted by molar-refractivity contribution is -0.120. The van der Waals surface area contributed by atoms with Crippen LogP contribution in [0.2, 0.25) is 4.34 Å². The first-order chi connectivity index (χ1) is 16.8. The van der Waals surface area contributed by atoms with Crippen LogP contribution in [0.3, 0.4) is 0 Å². The van der Waals surface area contributed by atoms with Crippen LogP contribution in [0.25, 0.3) is 15.3 Å². The van der Waals surface area contributed by atoms with E-state index in [1.807, 2.05) is 25.1 Å². The van der Waals surface area contributed by atoms with Gasteiger partial charge in [0.05, 0.1) is 27.4 Å². The summed E-state index contributed by atoms with van der Waals surface area (Å²) in [5, 5.41) is 7.99. The average molecular weight is 552 g/mol. The van der Waals surface area contributed by atoms with Gasteiger partial charge in [-0.2, -0.15) is 14.1 Å². The van der Waals surface area contributed by atoms with Gasteiger partial charge in [-0.25, -0.2) is 13.4 Å². The van der Waals surface area contributed by atoms with E-state index >= 15 is 0 Å². The number of hydrogen-bond donors (Lipinski definition) is 1. The van der Waals surface area contributed by atoms with Crippen LogP contribution in [0.15, 0.2) is 40.6 Å². The molecule has 184 valence electrons. The SMILES string of the molecule is COc1ccc2nc(-n3nc(C)cc3NC(=O)C3CCCCN3S(=O)(=O)c3ccc(Cl)s3)sc2c1. The molecule has 1 N–H and O–H groups in total. The Morgan fingerprint density at radius 1 is 1.20 bits per heavy atom. The molecule has 35 heavy (non-hydrogen) atoms. The van der Waals surface area contributed by atoms with E-state index in [1.54, 1.807) is 23.9 Å². The first-order valence-corrected chi connectivity index (χ1v) is 14.3. The number of aryl methyl sites for hydroxylation is 1. The monoisotopic (exact) mass is 551 g/mol. The quantitative estimate of drug-likeness (QED) is 0.372. The number of hydrogen-bond acceptors (Lipinski definition) is 8. The van der Waals surface area contributed by atoms with Gasteiger partial charge >= 0.3 is 0 Å². The molecule has 1 aromatic carbocycles. The summed E-state index contributed by atoms with van der Waals surface area (Å²) < 4.78 is 36.1. The molecule has 3 aromatic heterocycles. The first kappa shape index (κ1) is 24.2. The molecule has 4 aromatic rings. The predicted molar refractivity (Wildman–Crippen MR) is 138 cm³/mol. The topological polar surface area (TPSA) is 106 Å². The molecule has 0 bridgehead atoms. The number of anilines is 1. The van der Waals surface area contributed by atoms with Gasteiger partial charge in [0, 0.05) is 12.6 Å². The fraction of sp³-hybridized carbons (Fsp3) is 0.318. The van der Waals surface area contributed by atoms with Gasteiger partial charge in [-0.15, -0.1) is 11.3 Å². The summed E-state index contributed by atoms with van der Waals surface area (Å²) in [5.41, 5.74) is 1.48. The minimum Gasteiger partial charge on any atom is -0.497 e. The van der Waals surface area contributed by atoms with Gasteiger partial charge in [-0.1, -0.05) is 29.4 Å². The van der Waals surface area contributed by atoms with E-state index < -0.39 is 22.0 Å². The van der Waals surface area contributed by atoms with Crippen molar-refractivity contribution in [2.24, 2.45) is 0 Å². The molecular weight excluding hydrogens is 530 g/mol. The van der Waals surface area contributed by atoms with E-state index in [1.165, 1.54) is 21.7 Å². The van der Waals surface area contributed by atoms with E-state index in [4.69, 9.17) is 16.3 Å². The number of ether oxygens (including phenoxy) is 1. The second kappa shape index (κ2) is 9.51. The number of rotatable bonds is 6. The molecular formula is C22H22ClN5O4S3. The van der Waals surface area contributed by atoms with Crippen LogP contribution < -0.4 is 10.1 Å². The van der Waals surface area contributed by atoms with Crippen LogP contribution in [0.4, 0.5) is 5.82 Å². The molecule has 5 rings (SSSR count). The Labute approximate surface area is 215 Å². The highest BCUT2D eigenvalue weighted by Gasteiger charge is 2.38. The maximum absolute atomic E-state index is 13.4. The van der Waals surface area contributed by atoms with Crippen LogP contribution in [0.1, 0.15) is 25.0 Å². The fourth-order valence-corrected chi connectivity index (χ4v) is 8.29. The third kappa shape index (κ3) is 4.68. The minimum atomic E-state index is -3.85. The third-order valence-electron chi connectivity index (χ3n) is 5.72. The molecule has 9 nitrogen and oxygen atoms in total. The number of carbonyl (C=O) groups excluding carboxylic acids is 1. The third-order valence-corrected chi connectivity index (χ3v) is 10.3. The molecule has 0 radical (unpaired) electrons. The number of benzene rings is 1. The van der Waals surface area contributed by atoms with Crippen LogP contribution >= 0.6 is 34.3 Å². The largest absolute Gasteiger partial charge is 0.497 e. The number of amides is 1. The van der Waals surface area contributed by atoms with Gasteiger partial charge in [-0.05, 0) is 50.1 Å². The first-order valence-electron chi connectivity index (χ1n) is 10.9. The van der Waals surface area contributed by atoms with E-state index in [0.29, 0.717) is 33.8 Å². The van der Waals surface area contributed by atoms with Crippen LogP contribution in [-0.2, 0) is 14.8 Å². The van der Waals surface area contributed by atoms with Crippen molar-refractivity contribution in [3.63, 3.8) is 0 Å². The predicted octanol–water partition coefficient (Wildman–Crippen LogP) is 4.70. The van der Waals surface area contributed by atoms with Gasteiger partial charge < -0.3 is 10.1 Å². The molecule has 1 saturated heterocycles. The highest BCUT2D eigenvalue weighted by Crippen LogP contribution is 2.33. The van der Waals surface area contributed by atoms with Gasteiger partial charge in [-0.3, -0.25) is 4.79 Å². The summed E-state index contributed by atoms with van der Waals surface area (Å²) in [6.45, 7) is 2.09. The highest BCUT2D eigenvalue weighted by atomic mass is 35.5. The Morgan fingerprint density at radius 2 is 2.03 bits per heavy atom. The lowest BCUT2D eigenvalue weighted by Gasteiger charge is -2.33. The van der Waals surface area contributed by atoms with Crippen molar-refractivity contribution in [2.45, 2.75) is 36.4 Å². The van der Waals surface area contributed by atoms with Crippen molar-refractivity contribution in [1.29, 1.82) is 0 Å². The van der Waals surface area contributed by atoms with Gasteiger partial charge in [0.25, 0.3) is 10.0 Å². The minimum absolute atomic E-state index is 0.132. The van der Waals surface area contributed by atoms with Crippen molar-refractivity contribution >= 4 is 66.2 Å². The molecule has 1 aliphatic heterocycles. The number of methoxy groups -OCH3 is 1. The van der Waals surface area contributed by atoms with Crippen molar-refractivity contribution in [1.82, 2.24) is 19.1 Å². The molecule has 13 heteroatoms. The van der Waals surface area contributed by atoms with E-state index in [0.717, 1.165) is 33.7 Å². The second-order valence-corrected chi connectivity index (χ2v) is 12.9. The van der Waals surface area contributed by atoms with Crippen molar-refractivity contribution < 1.29 is 17.9 Å². The Bertz CT molecular complexity index is 1510. The summed E-state index contributed by atoms with van der Waals surface area (Å²) >= 11 is 8.37. The van der Waals surface area contributed by atoms with Gasteiger partial charge in [0.1, 0.15) is 21.8 Å². The number of halogens is 1. The maximum Gasteiger partial charge on any atom is 0.253 e. The number of nitrogens with zero attached hydrogens (tertiary/aromatic N) is 4. The van der Waals surface area contributed by atoms with E-state index in [9.17, 15) is 13.2 Å². The smallest absolute Gasteiger partial charge is 0.253 e. The molecule has 0 saturated carbocycles. The van der Waals surface area contributed by atoms with Crippen LogP contribution in [0, 0.1) is 6.92 Å². The van der Waals surface area contributed by atoms with E-state index in [-0.39, 0.29) is 10.8 Å². The number of carbonyl (C=O) groups is 1. The van der Waals surface area contributed by atoms with Crippen LogP contribution in [0.5, 0.6) is 5.75 Å². The van der Waals surface area contributed by atoms with Gasteiger partial charge in [0.2, 0.25) is 11.0 Å². The number of thiazole rings is 1. The Hall–Kier alpha value is -2.51. The number of aromatic nitrogens is 3. The summed E-state index contributed by atoms with van der Waals surface area (Å²) in [5.74, 6) is 0.754. The van der Waals surface area contributed by atoms with Crippen molar-refractivity contribution in [3.05, 3.63) is 46.4 Å². The summed E-state index contributed by atoms with van der Waals surface area (Å²) in [4.78, 5) is 18.0. The number of fused-ring (bicyclic) bond motifs is 1. The number of piperidine rings is 1. The molecule has 1 fully saturated rings. The molecule has 4 heterocycles. The molecule has 1 amide bonds. The Morgan fingerprint density at radius 3 is 2.77 bits per heavy atom. The molecule has 1 atom stereocenters. The zero-order valence-electron chi connectivity index (χ0n) is 18.9. The van der Waals surface area contributed by atoms with Crippen LogP contribution in [-0.4, -0.2) is 53.1 Å². The fourth-order valence-electron chi connectivity index (χ4n) is 4.06. The summed E-state index contributed by atoms with van der Waals surface area (Å²) in [6.07, 6.45) is 1.87. The Kier molecular flexibility index (Phi) is 6.57. The lowest BCUT2D eigenvalue weighted by atomic mass is 10.0. The summed E-state index contributed by atoms with van der Waals surface area (Å²) in [7, 11) is -2.24. The van der Waals surface area contributed by atoms with E-state index in [2.05, 4.69) is 15.4 Å². The van der Waals surface area contributed by atoms with Crippen molar-refractivity contribution in [2.75, 3.05) is 19.0 Å². The number of nitrogens with one attached hydrogen (secondary N) is 1. The zero-order chi connectivity index (χ0) is 24.7. The molecule has 0 aliphatic carbocycles. The highest BCUT2D eigenvalue weighted by molar-refractivity contribution is 7.91. The van der Waals surface area contributed by atoms with Crippen molar-refractivity contribution in [3.8, 4) is 10.9 Å². The normalized spacial score (nSPS) is 17.1. The Balaban J connectivity index is 1.44. The molecule has 1 unspecified atom stereocenters. The lowest BCUT2D eigenvalue weighted by Crippen LogP contribution is -2.49. The molecule has 0 spiro atoms. The molecule has 1 aliphatic rings. The number of sulfonamides is 1. The number of thiophene rings is 1. The average Bonchev–Trinajstić information content (AvgIpc) is 3.56. The standard InChI is InChI=1S/C22H22ClN5O4S3/c1-13-11-19(28(26-13)22-24-15-7-6-14(32-2)12-17(15)33-22)25-21(29)16-5-3-4-10-27(16)35(30,31)20-9-8-18(23)34-20/h6-9,11-12,16H,3-5,10H2,1-2H3,(H,25,29). The second-order valence-electron chi connectivity index (χ2n) is 8.09. The van der Waals surface area contributed by atoms with Gasteiger partial charge in [0.15, 0.2) is 0 Å². The zero-order valence-corrected chi connectivity index (χ0v) is 22.1. The maximum atomic E-state index is 13.4.